The van der Waals surface area contributed by atoms with Crippen LogP contribution in [0.2, 0.25) is 0 Å². The van der Waals surface area contributed by atoms with Gasteiger partial charge in [0.15, 0.2) is 17.5 Å². The van der Waals surface area contributed by atoms with Crippen LogP contribution in [0.4, 0.5) is 0 Å². The maximum absolute atomic E-state index is 6.09. The van der Waals surface area contributed by atoms with Crippen LogP contribution >= 0.6 is 0 Å². The van der Waals surface area contributed by atoms with E-state index in [1.54, 1.807) is 0 Å². The van der Waals surface area contributed by atoms with Gasteiger partial charge in [-0.05, 0) is 68.7 Å². The average Bonchev–Trinajstić information content (AvgIpc) is 3.45. The Hall–Kier alpha value is -5.87. The molecular weight excluding hydrogens is 526 g/mol. The van der Waals surface area contributed by atoms with Gasteiger partial charge in [0.1, 0.15) is 11.2 Å². The van der Waals surface area contributed by atoms with Crippen molar-refractivity contribution in [3.05, 3.63) is 140 Å². The second-order valence-electron chi connectivity index (χ2n) is 10.9. The summed E-state index contributed by atoms with van der Waals surface area (Å²) in [6.45, 7) is 0. The minimum atomic E-state index is 0.623. The number of fused-ring (bicyclic) bond motifs is 7. The molecule has 0 unspecified atom stereocenters. The molecular formula is C39H23N3O. The highest BCUT2D eigenvalue weighted by Gasteiger charge is 2.15. The molecule has 43 heavy (non-hydrogen) atoms. The van der Waals surface area contributed by atoms with E-state index in [0.29, 0.717) is 17.5 Å². The number of para-hydroxylation sites is 1. The van der Waals surface area contributed by atoms with E-state index in [4.69, 9.17) is 19.4 Å². The summed E-state index contributed by atoms with van der Waals surface area (Å²) in [5, 5.41) is 9.22. The van der Waals surface area contributed by atoms with Gasteiger partial charge < -0.3 is 4.42 Å². The van der Waals surface area contributed by atoms with E-state index in [-0.39, 0.29) is 0 Å². The summed E-state index contributed by atoms with van der Waals surface area (Å²) in [7, 11) is 0. The molecule has 0 aliphatic carbocycles. The summed E-state index contributed by atoms with van der Waals surface area (Å²) < 4.78 is 6.09. The van der Waals surface area contributed by atoms with E-state index in [1.165, 1.54) is 26.9 Å². The Labute approximate surface area is 246 Å². The molecule has 4 heteroatoms. The zero-order valence-corrected chi connectivity index (χ0v) is 23.0. The predicted octanol–water partition coefficient (Wildman–Crippen LogP) is 10.2. The van der Waals surface area contributed by atoms with Gasteiger partial charge in [-0.15, -0.1) is 0 Å². The van der Waals surface area contributed by atoms with Crippen molar-refractivity contribution in [1.82, 2.24) is 15.0 Å². The molecule has 0 atom stereocenters. The first kappa shape index (κ1) is 23.8. The maximum Gasteiger partial charge on any atom is 0.164 e. The molecule has 0 aliphatic rings. The Morgan fingerprint density at radius 2 is 0.814 bits per heavy atom. The third-order valence-electron chi connectivity index (χ3n) is 8.28. The number of aromatic nitrogens is 3. The molecule has 0 amide bonds. The van der Waals surface area contributed by atoms with Gasteiger partial charge in [0.05, 0.1) is 0 Å². The van der Waals surface area contributed by atoms with Crippen LogP contribution in [0.5, 0.6) is 0 Å². The lowest BCUT2D eigenvalue weighted by molar-refractivity contribution is 0.669. The third-order valence-corrected chi connectivity index (χ3v) is 8.28. The summed E-state index contributed by atoms with van der Waals surface area (Å²) in [5.74, 6) is 1.90. The summed E-state index contributed by atoms with van der Waals surface area (Å²) in [5.41, 5.74) is 4.52. The molecule has 0 saturated heterocycles. The Kier molecular flexibility index (Phi) is 5.16. The highest BCUT2D eigenvalue weighted by molar-refractivity contribution is 6.09. The third kappa shape index (κ3) is 3.96. The monoisotopic (exact) mass is 549 g/mol. The highest BCUT2D eigenvalue weighted by Crippen LogP contribution is 2.34. The Balaban J connectivity index is 1.28. The van der Waals surface area contributed by atoms with Crippen molar-refractivity contribution < 1.29 is 4.42 Å². The summed E-state index contributed by atoms with van der Waals surface area (Å²) >= 11 is 0. The molecule has 0 bridgehead atoms. The van der Waals surface area contributed by atoms with Crippen LogP contribution in [0, 0.1) is 0 Å². The molecule has 2 heterocycles. The number of hydrogen-bond donors (Lipinski definition) is 0. The molecule has 2 aromatic heterocycles. The fraction of sp³-hybridized carbons (Fsp3) is 0. The number of rotatable bonds is 3. The van der Waals surface area contributed by atoms with Gasteiger partial charge in [0, 0.05) is 27.5 Å². The van der Waals surface area contributed by atoms with Gasteiger partial charge in [0.2, 0.25) is 0 Å². The van der Waals surface area contributed by atoms with E-state index < -0.39 is 0 Å². The molecule has 200 valence electrons. The van der Waals surface area contributed by atoms with E-state index in [9.17, 15) is 0 Å². The zero-order chi connectivity index (χ0) is 28.3. The van der Waals surface area contributed by atoms with Crippen molar-refractivity contribution in [3.63, 3.8) is 0 Å². The Morgan fingerprint density at radius 3 is 1.58 bits per heavy atom. The standard InChI is InChI=1S/C39H23N3O/c1-2-9-27-21-28(17-13-24(27)7-1)37-40-38(29-18-16-26-15-14-25-8-3-4-10-31(25)33(26)22-29)42-39(41-37)30-19-20-36-34(23-30)32-11-5-6-12-35(32)43-36/h1-23H. The minimum absolute atomic E-state index is 0.623. The minimum Gasteiger partial charge on any atom is -0.456 e. The van der Waals surface area contributed by atoms with Crippen LogP contribution < -0.4 is 0 Å². The predicted molar refractivity (Wildman–Crippen MR) is 176 cm³/mol. The largest absolute Gasteiger partial charge is 0.456 e. The molecule has 0 spiro atoms. The zero-order valence-electron chi connectivity index (χ0n) is 23.0. The average molecular weight is 550 g/mol. The lowest BCUT2D eigenvalue weighted by Crippen LogP contribution is -2.00. The molecule has 0 fully saturated rings. The van der Waals surface area contributed by atoms with Crippen LogP contribution in [0.25, 0.3) is 88.4 Å². The fourth-order valence-electron chi connectivity index (χ4n) is 6.10. The summed E-state index contributed by atoms with van der Waals surface area (Å²) in [6, 6.07) is 48.3. The van der Waals surface area contributed by atoms with Crippen LogP contribution in [0.15, 0.2) is 144 Å². The van der Waals surface area contributed by atoms with Crippen molar-refractivity contribution in [2.75, 3.05) is 0 Å². The smallest absolute Gasteiger partial charge is 0.164 e. The van der Waals surface area contributed by atoms with Crippen LogP contribution in [-0.2, 0) is 0 Å². The van der Waals surface area contributed by atoms with Crippen molar-refractivity contribution in [1.29, 1.82) is 0 Å². The van der Waals surface area contributed by atoms with Gasteiger partial charge in [-0.3, -0.25) is 0 Å². The first-order valence-electron chi connectivity index (χ1n) is 14.4. The van der Waals surface area contributed by atoms with Crippen molar-refractivity contribution in [2.45, 2.75) is 0 Å². The molecule has 7 aromatic carbocycles. The fourth-order valence-corrected chi connectivity index (χ4v) is 6.10. The first-order chi connectivity index (χ1) is 21.3. The first-order valence-corrected chi connectivity index (χ1v) is 14.4. The molecule has 0 aliphatic heterocycles. The van der Waals surface area contributed by atoms with Gasteiger partial charge in [-0.1, -0.05) is 103 Å². The van der Waals surface area contributed by atoms with Gasteiger partial charge in [0.25, 0.3) is 0 Å². The quantitative estimate of drug-likeness (QED) is 0.206. The van der Waals surface area contributed by atoms with E-state index in [1.807, 2.05) is 30.3 Å². The molecule has 9 rings (SSSR count). The van der Waals surface area contributed by atoms with Crippen LogP contribution in [0.1, 0.15) is 0 Å². The van der Waals surface area contributed by atoms with Crippen molar-refractivity contribution in [3.8, 4) is 34.2 Å². The normalized spacial score (nSPS) is 11.7. The number of benzene rings is 7. The maximum atomic E-state index is 6.09. The lowest BCUT2D eigenvalue weighted by atomic mass is 10.00. The number of hydrogen-bond acceptors (Lipinski definition) is 4. The van der Waals surface area contributed by atoms with E-state index in [0.717, 1.165) is 44.0 Å². The second-order valence-corrected chi connectivity index (χ2v) is 10.9. The van der Waals surface area contributed by atoms with Crippen LogP contribution in [-0.4, -0.2) is 15.0 Å². The molecule has 0 saturated carbocycles. The molecule has 4 nitrogen and oxygen atoms in total. The molecule has 0 N–H and O–H groups in total. The highest BCUT2D eigenvalue weighted by atomic mass is 16.3. The Morgan fingerprint density at radius 1 is 0.326 bits per heavy atom. The lowest BCUT2D eigenvalue weighted by Gasteiger charge is -2.10. The SMILES string of the molecule is c1ccc2cc(-c3nc(-c4ccc5ccc6ccccc6c5c4)nc(-c4ccc5oc6ccccc6c5c4)n3)ccc2c1. The summed E-state index contributed by atoms with van der Waals surface area (Å²) in [4.78, 5) is 15.2. The van der Waals surface area contributed by atoms with E-state index in [2.05, 4.69) is 109 Å². The Bertz CT molecular complexity index is 2530. The second kappa shape index (κ2) is 9.33. The molecule has 0 radical (unpaired) electrons. The van der Waals surface area contributed by atoms with Crippen LogP contribution in [0.3, 0.4) is 0 Å². The molecule has 9 aromatic rings. The summed E-state index contributed by atoms with van der Waals surface area (Å²) in [6.07, 6.45) is 0. The topological polar surface area (TPSA) is 51.8 Å². The van der Waals surface area contributed by atoms with Crippen molar-refractivity contribution in [2.24, 2.45) is 0 Å². The number of nitrogens with zero attached hydrogens (tertiary/aromatic N) is 3. The van der Waals surface area contributed by atoms with Crippen molar-refractivity contribution >= 4 is 54.3 Å². The van der Waals surface area contributed by atoms with E-state index >= 15 is 0 Å². The number of furan rings is 1. The van der Waals surface area contributed by atoms with Gasteiger partial charge in [-0.2, -0.15) is 0 Å². The van der Waals surface area contributed by atoms with Gasteiger partial charge >= 0.3 is 0 Å². The van der Waals surface area contributed by atoms with Gasteiger partial charge in [-0.25, -0.2) is 15.0 Å².